The van der Waals surface area contributed by atoms with Crippen LogP contribution in [0.2, 0.25) is 0 Å². The fraction of sp³-hybridized carbons (Fsp3) is 0.222. The van der Waals surface area contributed by atoms with E-state index in [0.717, 1.165) is 9.48 Å². The molecule has 0 aliphatic heterocycles. The summed E-state index contributed by atoms with van der Waals surface area (Å²) in [6, 6.07) is 6.46. The van der Waals surface area contributed by atoms with E-state index in [0.29, 0.717) is 0 Å². The lowest BCUT2D eigenvalue weighted by atomic mass is 10.2. The topological polar surface area (TPSA) is 24.9 Å². The molecule has 0 aliphatic carbocycles. The first-order chi connectivity index (χ1) is 6.81. The van der Waals surface area contributed by atoms with Crippen LogP contribution in [-0.4, -0.2) is 11.4 Å². The summed E-state index contributed by atoms with van der Waals surface area (Å²) >= 11 is 6.69. The highest BCUT2D eigenvalue weighted by Crippen LogP contribution is 2.30. The summed E-state index contributed by atoms with van der Waals surface area (Å²) in [5, 5.41) is 5.27. The summed E-state index contributed by atoms with van der Waals surface area (Å²) in [7, 11) is 1.96. The molecule has 2 aromatic rings. The molecular formula is C9H9BrN2S2. The van der Waals surface area contributed by atoms with Crippen LogP contribution in [-0.2, 0) is 0 Å². The first-order valence-electron chi connectivity index (χ1n) is 4.14. The Bertz CT molecular complexity index is 397. The Hall–Kier alpha value is -0.230. The lowest BCUT2D eigenvalue weighted by Gasteiger charge is -2.10. The van der Waals surface area contributed by atoms with E-state index in [1.54, 1.807) is 11.3 Å². The third-order valence-corrected chi connectivity index (χ3v) is 4.18. The number of rotatable bonds is 3. The fourth-order valence-electron chi connectivity index (χ4n) is 1.29. The first-order valence-corrected chi connectivity index (χ1v) is 6.58. The van der Waals surface area contributed by atoms with Crippen LogP contribution >= 0.6 is 38.8 Å². The van der Waals surface area contributed by atoms with Crippen LogP contribution in [0.15, 0.2) is 27.4 Å². The molecule has 0 saturated heterocycles. The maximum absolute atomic E-state index is 4.34. The third kappa shape index (κ3) is 2.06. The van der Waals surface area contributed by atoms with Crippen molar-refractivity contribution in [2.75, 3.05) is 7.05 Å². The van der Waals surface area contributed by atoms with Gasteiger partial charge in [0.05, 0.1) is 15.5 Å². The maximum atomic E-state index is 4.34. The van der Waals surface area contributed by atoms with Crippen LogP contribution in [0.3, 0.4) is 0 Å². The molecule has 1 N–H and O–H groups in total. The van der Waals surface area contributed by atoms with Crippen LogP contribution in [0.5, 0.6) is 0 Å². The second kappa shape index (κ2) is 4.53. The second-order valence-corrected chi connectivity index (χ2v) is 5.95. The Morgan fingerprint density at radius 3 is 2.79 bits per heavy atom. The third-order valence-electron chi connectivity index (χ3n) is 1.92. The van der Waals surface area contributed by atoms with Crippen molar-refractivity contribution in [1.29, 1.82) is 0 Å². The minimum absolute atomic E-state index is 0.220. The van der Waals surface area contributed by atoms with Crippen LogP contribution in [0.1, 0.15) is 16.6 Å². The van der Waals surface area contributed by atoms with Crippen molar-refractivity contribution in [1.82, 2.24) is 9.69 Å². The van der Waals surface area contributed by atoms with Gasteiger partial charge in [-0.1, -0.05) is 0 Å². The molecule has 14 heavy (non-hydrogen) atoms. The van der Waals surface area contributed by atoms with E-state index < -0.39 is 0 Å². The molecule has 2 rings (SSSR count). The highest BCUT2D eigenvalue weighted by Gasteiger charge is 2.15. The van der Waals surface area contributed by atoms with Crippen molar-refractivity contribution in [2.24, 2.45) is 0 Å². The molecule has 0 aliphatic rings. The van der Waals surface area contributed by atoms with Crippen molar-refractivity contribution in [3.8, 4) is 0 Å². The van der Waals surface area contributed by atoms with Gasteiger partial charge in [-0.2, -0.15) is 4.37 Å². The zero-order valence-electron chi connectivity index (χ0n) is 7.53. The molecule has 1 unspecified atom stereocenters. The van der Waals surface area contributed by atoms with Crippen molar-refractivity contribution >= 4 is 38.8 Å². The van der Waals surface area contributed by atoms with E-state index in [4.69, 9.17) is 0 Å². The molecule has 0 aromatic carbocycles. The lowest BCUT2D eigenvalue weighted by Crippen LogP contribution is -2.16. The summed E-state index contributed by atoms with van der Waals surface area (Å²) in [5.74, 6) is 0. The van der Waals surface area contributed by atoms with E-state index in [1.807, 2.05) is 12.4 Å². The molecule has 2 heterocycles. The Kier molecular flexibility index (Phi) is 3.33. The van der Waals surface area contributed by atoms with Gasteiger partial charge in [0.2, 0.25) is 0 Å². The molecule has 0 radical (unpaired) electrons. The number of halogens is 1. The Balaban J connectivity index is 2.31. The smallest absolute Gasteiger partial charge is 0.0853 e. The molecule has 0 amide bonds. The monoisotopic (exact) mass is 288 g/mol. The molecule has 0 bridgehead atoms. The summed E-state index contributed by atoms with van der Waals surface area (Å²) < 4.78 is 5.50. The summed E-state index contributed by atoms with van der Waals surface area (Å²) in [5.41, 5.74) is 1.09. The van der Waals surface area contributed by atoms with Crippen LogP contribution in [0, 0.1) is 0 Å². The predicted octanol–water partition coefficient (Wildman–Crippen LogP) is 3.28. The molecular weight excluding hydrogens is 280 g/mol. The zero-order valence-corrected chi connectivity index (χ0v) is 10.7. The minimum Gasteiger partial charge on any atom is -0.307 e. The summed E-state index contributed by atoms with van der Waals surface area (Å²) in [6.07, 6.45) is 0. The number of thiophene rings is 1. The molecule has 2 nitrogen and oxygen atoms in total. The van der Waals surface area contributed by atoms with Gasteiger partial charge in [0, 0.05) is 10.3 Å². The normalized spacial score (nSPS) is 13.0. The predicted molar refractivity (Wildman–Crippen MR) is 65.0 cm³/mol. The van der Waals surface area contributed by atoms with E-state index in [9.17, 15) is 0 Å². The lowest BCUT2D eigenvalue weighted by molar-refractivity contribution is 0.690. The summed E-state index contributed by atoms with van der Waals surface area (Å²) in [4.78, 5) is 1.28. The molecule has 74 valence electrons. The van der Waals surface area contributed by atoms with E-state index in [2.05, 4.69) is 43.8 Å². The Morgan fingerprint density at radius 1 is 1.43 bits per heavy atom. The van der Waals surface area contributed by atoms with E-state index in [1.165, 1.54) is 16.4 Å². The Labute approximate surface area is 99.3 Å². The summed E-state index contributed by atoms with van der Waals surface area (Å²) in [6.45, 7) is 0. The van der Waals surface area contributed by atoms with Gasteiger partial charge in [-0.15, -0.1) is 11.3 Å². The molecule has 0 spiro atoms. The van der Waals surface area contributed by atoms with Gasteiger partial charge >= 0.3 is 0 Å². The highest BCUT2D eigenvalue weighted by atomic mass is 79.9. The van der Waals surface area contributed by atoms with Crippen molar-refractivity contribution < 1.29 is 0 Å². The SMILES string of the molecule is CNC(c1ccsn1)c1ccc(Br)s1. The van der Waals surface area contributed by atoms with Crippen LogP contribution in [0.25, 0.3) is 0 Å². The average molecular weight is 289 g/mol. The van der Waals surface area contributed by atoms with Crippen LogP contribution in [0.4, 0.5) is 0 Å². The molecule has 2 aromatic heterocycles. The van der Waals surface area contributed by atoms with Crippen molar-refractivity contribution in [3.63, 3.8) is 0 Å². The fourth-order valence-corrected chi connectivity index (χ4v) is 3.39. The van der Waals surface area contributed by atoms with Gasteiger partial charge in [-0.05, 0) is 52.7 Å². The zero-order chi connectivity index (χ0) is 9.97. The second-order valence-electron chi connectivity index (χ2n) is 2.79. The first kappa shape index (κ1) is 10.3. The van der Waals surface area contributed by atoms with E-state index >= 15 is 0 Å². The van der Waals surface area contributed by atoms with Gasteiger partial charge in [-0.25, -0.2) is 0 Å². The molecule has 1 atom stereocenters. The Morgan fingerprint density at radius 2 is 2.29 bits per heavy atom. The number of nitrogens with one attached hydrogen (secondary N) is 1. The molecule has 5 heteroatoms. The molecule has 0 fully saturated rings. The molecule has 0 saturated carbocycles. The van der Waals surface area contributed by atoms with E-state index in [-0.39, 0.29) is 6.04 Å². The van der Waals surface area contributed by atoms with Gasteiger partial charge in [0.1, 0.15) is 0 Å². The average Bonchev–Trinajstić information content (AvgIpc) is 2.79. The van der Waals surface area contributed by atoms with Gasteiger partial charge < -0.3 is 5.32 Å². The standard InChI is InChI=1S/C9H9BrN2S2/c1-11-9(6-4-5-13-12-6)7-2-3-8(10)14-7/h2-5,9,11H,1H3. The minimum atomic E-state index is 0.220. The quantitative estimate of drug-likeness (QED) is 0.938. The van der Waals surface area contributed by atoms with Gasteiger partial charge in [-0.3, -0.25) is 0 Å². The van der Waals surface area contributed by atoms with Gasteiger partial charge in [0.15, 0.2) is 0 Å². The largest absolute Gasteiger partial charge is 0.307 e. The highest BCUT2D eigenvalue weighted by molar-refractivity contribution is 9.11. The van der Waals surface area contributed by atoms with Crippen molar-refractivity contribution in [3.05, 3.63) is 37.9 Å². The van der Waals surface area contributed by atoms with Gasteiger partial charge in [0.25, 0.3) is 0 Å². The maximum Gasteiger partial charge on any atom is 0.0853 e. The number of nitrogens with zero attached hydrogens (tertiary/aromatic N) is 1. The number of hydrogen-bond acceptors (Lipinski definition) is 4. The number of aromatic nitrogens is 1. The van der Waals surface area contributed by atoms with Crippen molar-refractivity contribution in [2.45, 2.75) is 6.04 Å². The number of hydrogen-bond donors (Lipinski definition) is 1. The van der Waals surface area contributed by atoms with Crippen LogP contribution < -0.4 is 5.32 Å².